The van der Waals surface area contributed by atoms with E-state index in [1.54, 1.807) is 37.1 Å². The summed E-state index contributed by atoms with van der Waals surface area (Å²) in [4.78, 5) is 27.3. The molecule has 0 saturated heterocycles. The van der Waals surface area contributed by atoms with Crippen molar-refractivity contribution >= 4 is 35.0 Å². The second kappa shape index (κ2) is 7.40. The monoisotopic (exact) mass is 411 g/mol. The Kier molecular flexibility index (Phi) is 4.91. The lowest BCUT2D eigenvalue weighted by atomic mass is 9.96. The van der Waals surface area contributed by atoms with Gasteiger partial charge in [-0.05, 0) is 45.0 Å². The van der Waals surface area contributed by atoms with Crippen LogP contribution in [0.15, 0.2) is 52.2 Å². The van der Waals surface area contributed by atoms with E-state index in [0.717, 1.165) is 0 Å². The molecule has 1 aliphatic heterocycles. The smallest absolute Gasteiger partial charge is 0.250 e. The molecule has 4 rings (SSSR count). The molecule has 0 aliphatic carbocycles. The molecule has 0 radical (unpaired) electrons. The Hall–Kier alpha value is -3.07. The van der Waals surface area contributed by atoms with Gasteiger partial charge in [-0.1, -0.05) is 23.9 Å². The Morgan fingerprint density at radius 3 is 2.72 bits per heavy atom. The lowest BCUT2D eigenvalue weighted by Gasteiger charge is -2.42. The first-order valence-corrected chi connectivity index (χ1v) is 10.3. The van der Waals surface area contributed by atoms with Crippen molar-refractivity contribution < 1.29 is 14.0 Å². The summed E-state index contributed by atoms with van der Waals surface area (Å²) in [6.07, 6.45) is 1.58. The second-order valence-electron chi connectivity index (χ2n) is 7.08. The molecule has 3 aromatic rings. The first-order chi connectivity index (χ1) is 13.9. The van der Waals surface area contributed by atoms with E-state index in [1.807, 2.05) is 35.8 Å². The molecule has 0 atom stereocenters. The predicted molar refractivity (Wildman–Crippen MR) is 111 cm³/mol. The number of para-hydroxylation sites is 2. The number of nitrogens with zero attached hydrogens (tertiary/aromatic N) is 4. The largest absolute Gasteiger partial charge is 0.461 e. The van der Waals surface area contributed by atoms with Crippen LogP contribution in [0, 0.1) is 0 Å². The number of hydrogen-bond acceptors (Lipinski definition) is 6. The van der Waals surface area contributed by atoms with E-state index in [2.05, 4.69) is 15.5 Å². The number of benzene rings is 1. The zero-order valence-electron chi connectivity index (χ0n) is 16.4. The maximum Gasteiger partial charge on any atom is 0.250 e. The molecular formula is C20H21N5O3S. The van der Waals surface area contributed by atoms with Gasteiger partial charge in [-0.2, -0.15) is 0 Å². The van der Waals surface area contributed by atoms with Crippen molar-refractivity contribution in [3.8, 4) is 11.6 Å². The number of anilines is 2. The quantitative estimate of drug-likeness (QED) is 0.647. The molecule has 1 aliphatic rings. The summed E-state index contributed by atoms with van der Waals surface area (Å²) in [7, 11) is 0. The molecule has 1 aromatic carbocycles. The van der Waals surface area contributed by atoms with Crippen molar-refractivity contribution in [3.05, 3.63) is 42.7 Å². The summed E-state index contributed by atoms with van der Waals surface area (Å²) >= 11 is 1.29. The van der Waals surface area contributed by atoms with Gasteiger partial charge in [0.05, 0.1) is 23.4 Å². The zero-order chi connectivity index (χ0) is 20.6. The number of furan rings is 1. The van der Waals surface area contributed by atoms with Crippen LogP contribution in [0.25, 0.3) is 11.6 Å². The van der Waals surface area contributed by atoms with Crippen molar-refractivity contribution in [1.82, 2.24) is 14.8 Å². The Bertz CT molecular complexity index is 1060. The normalized spacial score (nSPS) is 15.1. The highest BCUT2D eigenvalue weighted by atomic mass is 32.2. The summed E-state index contributed by atoms with van der Waals surface area (Å²) < 4.78 is 7.32. The van der Waals surface area contributed by atoms with E-state index in [4.69, 9.17) is 4.42 Å². The third-order valence-corrected chi connectivity index (χ3v) is 5.81. The second-order valence-corrected chi connectivity index (χ2v) is 8.02. The van der Waals surface area contributed by atoms with Crippen LogP contribution >= 0.6 is 11.8 Å². The third kappa shape index (κ3) is 3.31. The fourth-order valence-corrected chi connectivity index (χ4v) is 4.21. The summed E-state index contributed by atoms with van der Waals surface area (Å²) in [5.74, 6) is 0.982. The van der Waals surface area contributed by atoms with Gasteiger partial charge in [0.2, 0.25) is 11.8 Å². The van der Waals surface area contributed by atoms with Gasteiger partial charge in [0, 0.05) is 6.54 Å². The van der Waals surface area contributed by atoms with Crippen molar-refractivity contribution in [2.45, 2.75) is 38.0 Å². The van der Waals surface area contributed by atoms with Gasteiger partial charge in [0.15, 0.2) is 16.7 Å². The standard InChI is InChI=1S/C20H21N5O3S/c1-4-24-17(15-10-7-11-28-15)22-23-19(24)29-12-16(26)25-14-9-6-5-8-13(14)21-18(27)20(25,2)3/h5-11H,4,12H2,1-3H3,(H,21,27). The molecule has 0 spiro atoms. The number of hydrogen-bond donors (Lipinski definition) is 1. The Labute approximate surface area is 172 Å². The maximum absolute atomic E-state index is 13.2. The Balaban J connectivity index is 1.58. The number of fused-ring (bicyclic) bond motifs is 1. The van der Waals surface area contributed by atoms with Crippen molar-refractivity contribution in [1.29, 1.82) is 0 Å². The molecular weight excluding hydrogens is 390 g/mol. The van der Waals surface area contributed by atoms with Crippen LogP contribution in [0.1, 0.15) is 20.8 Å². The van der Waals surface area contributed by atoms with Gasteiger partial charge in [-0.3, -0.25) is 19.1 Å². The van der Waals surface area contributed by atoms with Crippen LogP contribution in [0.2, 0.25) is 0 Å². The van der Waals surface area contributed by atoms with Gasteiger partial charge < -0.3 is 9.73 Å². The van der Waals surface area contributed by atoms with E-state index < -0.39 is 5.54 Å². The fraction of sp³-hybridized carbons (Fsp3) is 0.300. The van der Waals surface area contributed by atoms with Crippen LogP contribution < -0.4 is 10.2 Å². The van der Waals surface area contributed by atoms with Gasteiger partial charge in [-0.15, -0.1) is 10.2 Å². The van der Waals surface area contributed by atoms with Crippen LogP contribution in [0.5, 0.6) is 0 Å². The minimum absolute atomic E-state index is 0.126. The topological polar surface area (TPSA) is 93.3 Å². The minimum atomic E-state index is -0.996. The number of rotatable bonds is 5. The van der Waals surface area contributed by atoms with Gasteiger partial charge in [-0.25, -0.2) is 0 Å². The van der Waals surface area contributed by atoms with Crippen molar-refractivity contribution in [2.75, 3.05) is 16.0 Å². The van der Waals surface area contributed by atoms with Crippen LogP contribution in [-0.2, 0) is 16.1 Å². The molecule has 0 unspecified atom stereocenters. The zero-order valence-corrected chi connectivity index (χ0v) is 17.2. The minimum Gasteiger partial charge on any atom is -0.461 e. The highest BCUT2D eigenvalue weighted by Gasteiger charge is 2.43. The molecule has 9 heteroatoms. The van der Waals surface area contributed by atoms with Crippen LogP contribution in [-0.4, -0.2) is 37.9 Å². The van der Waals surface area contributed by atoms with Crippen LogP contribution in [0.4, 0.5) is 11.4 Å². The number of amides is 2. The molecule has 0 saturated carbocycles. The van der Waals surface area contributed by atoms with E-state index in [9.17, 15) is 9.59 Å². The number of aromatic nitrogens is 3. The van der Waals surface area contributed by atoms with E-state index in [-0.39, 0.29) is 17.6 Å². The summed E-state index contributed by atoms with van der Waals surface area (Å²) in [5, 5.41) is 11.9. The summed E-state index contributed by atoms with van der Waals surface area (Å²) in [6.45, 7) is 6.10. The maximum atomic E-state index is 13.2. The summed E-state index contributed by atoms with van der Waals surface area (Å²) in [5.41, 5.74) is 0.326. The molecule has 1 N–H and O–H groups in total. The molecule has 3 heterocycles. The highest BCUT2D eigenvalue weighted by molar-refractivity contribution is 7.99. The molecule has 150 valence electrons. The van der Waals surface area contributed by atoms with Crippen molar-refractivity contribution in [3.63, 3.8) is 0 Å². The first-order valence-electron chi connectivity index (χ1n) is 9.27. The van der Waals surface area contributed by atoms with Gasteiger partial charge in [0.1, 0.15) is 5.54 Å². The molecule has 29 heavy (non-hydrogen) atoms. The SMILES string of the molecule is CCn1c(SCC(=O)N2c3ccccc3NC(=O)C2(C)C)nnc1-c1ccco1. The molecule has 0 fully saturated rings. The number of carbonyl (C=O) groups excluding carboxylic acids is 2. The van der Waals surface area contributed by atoms with Crippen LogP contribution in [0.3, 0.4) is 0 Å². The Morgan fingerprint density at radius 1 is 1.21 bits per heavy atom. The fourth-order valence-electron chi connectivity index (χ4n) is 3.36. The van der Waals surface area contributed by atoms with Crippen molar-refractivity contribution in [2.24, 2.45) is 0 Å². The van der Waals surface area contributed by atoms with E-state index >= 15 is 0 Å². The van der Waals surface area contributed by atoms with Gasteiger partial charge >= 0.3 is 0 Å². The lowest BCUT2D eigenvalue weighted by Crippen LogP contribution is -2.59. The molecule has 2 amide bonds. The number of thioether (sulfide) groups is 1. The lowest BCUT2D eigenvalue weighted by molar-refractivity contribution is -0.125. The van der Waals surface area contributed by atoms with Gasteiger partial charge in [0.25, 0.3) is 0 Å². The number of nitrogens with one attached hydrogen (secondary N) is 1. The average molecular weight is 411 g/mol. The first kappa shape index (κ1) is 19.3. The molecule has 0 bridgehead atoms. The highest BCUT2D eigenvalue weighted by Crippen LogP contribution is 2.37. The molecule has 8 nitrogen and oxygen atoms in total. The van der Waals surface area contributed by atoms with E-state index in [0.29, 0.717) is 34.7 Å². The van der Waals surface area contributed by atoms with E-state index in [1.165, 1.54) is 11.8 Å². The third-order valence-electron chi connectivity index (χ3n) is 4.86. The molecule has 2 aromatic heterocycles. The summed E-state index contributed by atoms with van der Waals surface area (Å²) in [6, 6.07) is 10.9. The number of carbonyl (C=O) groups is 2. The predicted octanol–water partition coefficient (Wildman–Crippen LogP) is 3.41. The Morgan fingerprint density at radius 2 is 2.00 bits per heavy atom. The average Bonchev–Trinajstić information content (AvgIpc) is 3.36.